The molecule has 8 heteroatoms. The second-order valence-corrected chi connectivity index (χ2v) is 5.00. The fraction of sp³-hybridized carbons (Fsp3) is 0.417. The molecule has 20 heavy (non-hydrogen) atoms. The Labute approximate surface area is 118 Å². The van der Waals surface area contributed by atoms with Gasteiger partial charge in [-0.1, -0.05) is 11.6 Å². The molecule has 2 rings (SSSR count). The number of hydrogen-bond acceptors (Lipinski definition) is 3. The highest BCUT2D eigenvalue weighted by molar-refractivity contribution is 6.30. The molecule has 1 aliphatic rings. The molecule has 0 aliphatic carbocycles. The Morgan fingerprint density at radius 3 is 2.65 bits per heavy atom. The molecule has 0 saturated heterocycles. The van der Waals surface area contributed by atoms with Gasteiger partial charge in [-0.3, -0.25) is 4.90 Å². The van der Waals surface area contributed by atoms with Crippen molar-refractivity contribution in [2.75, 3.05) is 18.1 Å². The maximum Gasteiger partial charge on any atom is 0.411 e. The van der Waals surface area contributed by atoms with Gasteiger partial charge in [0.15, 0.2) is 5.60 Å². The van der Waals surface area contributed by atoms with E-state index in [0.717, 1.165) is 6.07 Å². The first kappa shape index (κ1) is 15.0. The maximum atomic E-state index is 14.1. The van der Waals surface area contributed by atoms with Crippen LogP contribution in [-0.4, -0.2) is 40.5 Å². The maximum absolute atomic E-state index is 14.1. The van der Waals surface area contributed by atoms with E-state index in [0.29, 0.717) is 4.90 Å². The molecule has 3 N–H and O–H groups in total. The molecule has 0 spiro atoms. The van der Waals surface area contributed by atoms with Gasteiger partial charge in [0.1, 0.15) is 0 Å². The lowest BCUT2D eigenvalue weighted by atomic mass is 9.86. The smallest absolute Gasteiger partial charge is 0.411 e. The van der Waals surface area contributed by atoms with Crippen molar-refractivity contribution in [3.63, 3.8) is 0 Å². The van der Waals surface area contributed by atoms with Gasteiger partial charge < -0.3 is 15.3 Å². The molecule has 0 aromatic heterocycles. The summed E-state index contributed by atoms with van der Waals surface area (Å²) in [6.45, 7) is -1.75. The van der Waals surface area contributed by atoms with E-state index in [4.69, 9.17) is 16.7 Å². The largest absolute Gasteiger partial charge is 0.465 e. The van der Waals surface area contributed by atoms with E-state index in [-0.39, 0.29) is 10.7 Å². The van der Waals surface area contributed by atoms with Crippen molar-refractivity contribution in [1.82, 2.24) is 0 Å². The Morgan fingerprint density at radius 2 is 2.10 bits per heavy atom. The summed E-state index contributed by atoms with van der Waals surface area (Å²) in [4.78, 5) is 11.9. The number of carboxylic acid groups (broad SMARTS) is 1. The van der Waals surface area contributed by atoms with Gasteiger partial charge in [-0.2, -0.15) is 0 Å². The van der Waals surface area contributed by atoms with Gasteiger partial charge in [-0.15, -0.1) is 0 Å². The summed E-state index contributed by atoms with van der Waals surface area (Å²) in [5, 5.41) is 28.6. The van der Waals surface area contributed by atoms with Gasteiger partial charge in [0.25, 0.3) is 5.92 Å². The number of nitrogens with zero attached hydrogens (tertiary/aromatic N) is 1. The van der Waals surface area contributed by atoms with E-state index in [2.05, 4.69) is 0 Å². The first-order chi connectivity index (χ1) is 9.23. The van der Waals surface area contributed by atoms with Crippen molar-refractivity contribution in [3.8, 4) is 0 Å². The van der Waals surface area contributed by atoms with Crippen LogP contribution in [0.1, 0.15) is 12.0 Å². The number of aliphatic hydroxyl groups excluding tert-OH is 1. The van der Waals surface area contributed by atoms with Crippen LogP contribution in [0, 0.1) is 0 Å². The van der Waals surface area contributed by atoms with Gasteiger partial charge >= 0.3 is 6.09 Å². The van der Waals surface area contributed by atoms with Gasteiger partial charge in [-0.25, -0.2) is 13.6 Å². The molecule has 0 bridgehead atoms. The second kappa shape index (κ2) is 4.83. The summed E-state index contributed by atoms with van der Waals surface area (Å²) in [6.07, 6.45) is -2.34. The fourth-order valence-electron chi connectivity index (χ4n) is 2.25. The van der Waals surface area contributed by atoms with Crippen LogP contribution in [0.4, 0.5) is 19.3 Å². The quantitative estimate of drug-likeness (QED) is 0.741. The number of alkyl halides is 2. The molecule has 0 radical (unpaired) electrons. The van der Waals surface area contributed by atoms with Crippen molar-refractivity contribution in [2.24, 2.45) is 0 Å². The number of anilines is 1. The highest BCUT2D eigenvalue weighted by Crippen LogP contribution is 2.47. The van der Waals surface area contributed by atoms with E-state index in [1.807, 2.05) is 0 Å². The molecule has 0 saturated carbocycles. The van der Waals surface area contributed by atoms with Crippen LogP contribution < -0.4 is 4.90 Å². The molecule has 1 aliphatic heterocycles. The molecule has 5 nitrogen and oxygen atoms in total. The lowest BCUT2D eigenvalue weighted by Gasteiger charge is -2.33. The molecular weight excluding hydrogens is 296 g/mol. The number of amides is 1. The number of rotatable bonds is 1. The zero-order valence-corrected chi connectivity index (χ0v) is 10.9. The SMILES string of the molecule is O=C(O)N1CCC(F)(F)[C@@](O)(CO)c2cc(Cl)ccc21. The Kier molecular flexibility index (Phi) is 3.62. The van der Waals surface area contributed by atoms with Gasteiger partial charge in [-0.05, 0) is 18.2 Å². The van der Waals surface area contributed by atoms with Gasteiger partial charge in [0, 0.05) is 23.6 Å². The lowest BCUT2D eigenvalue weighted by molar-refractivity contribution is -0.205. The zero-order chi connectivity index (χ0) is 15.1. The minimum Gasteiger partial charge on any atom is -0.465 e. The molecular formula is C12H12ClF2NO4. The van der Waals surface area contributed by atoms with Crippen LogP contribution in [0.2, 0.25) is 5.02 Å². The molecule has 0 fully saturated rings. The second-order valence-electron chi connectivity index (χ2n) is 4.57. The summed E-state index contributed by atoms with van der Waals surface area (Å²) >= 11 is 5.73. The van der Waals surface area contributed by atoms with Crippen molar-refractivity contribution < 1.29 is 28.9 Å². The van der Waals surface area contributed by atoms with Crippen LogP contribution in [0.5, 0.6) is 0 Å². The van der Waals surface area contributed by atoms with Crippen molar-refractivity contribution in [1.29, 1.82) is 0 Å². The minimum absolute atomic E-state index is 0.0543. The fourth-order valence-corrected chi connectivity index (χ4v) is 2.42. The number of benzene rings is 1. The first-order valence-corrected chi connectivity index (χ1v) is 6.12. The topological polar surface area (TPSA) is 81.0 Å². The molecule has 1 atom stereocenters. The molecule has 0 unspecified atom stereocenters. The number of aliphatic hydroxyl groups is 2. The highest BCUT2D eigenvalue weighted by atomic mass is 35.5. The van der Waals surface area contributed by atoms with Crippen LogP contribution >= 0.6 is 11.6 Å². The number of fused-ring (bicyclic) bond motifs is 1. The average Bonchev–Trinajstić information content (AvgIpc) is 2.45. The number of halogens is 3. The van der Waals surface area contributed by atoms with Crippen LogP contribution in [-0.2, 0) is 5.60 Å². The predicted octanol–water partition coefficient (Wildman–Crippen LogP) is 2.04. The third-order valence-electron chi connectivity index (χ3n) is 3.41. The van der Waals surface area contributed by atoms with Crippen LogP contribution in [0.25, 0.3) is 0 Å². The molecule has 1 amide bonds. The Bertz CT molecular complexity index is 554. The zero-order valence-electron chi connectivity index (χ0n) is 10.2. The Hall–Kier alpha value is -1.44. The summed E-state index contributed by atoms with van der Waals surface area (Å²) in [6, 6.07) is 3.60. The summed E-state index contributed by atoms with van der Waals surface area (Å²) < 4.78 is 28.2. The van der Waals surface area contributed by atoms with Crippen molar-refractivity contribution >= 4 is 23.4 Å². The predicted molar refractivity (Wildman–Crippen MR) is 67.4 cm³/mol. The summed E-state index contributed by atoms with van der Waals surface area (Å²) in [5.74, 6) is -3.69. The normalized spacial score (nSPS) is 24.9. The molecule has 1 heterocycles. The lowest BCUT2D eigenvalue weighted by Crippen LogP contribution is -2.48. The minimum atomic E-state index is -3.69. The summed E-state index contributed by atoms with van der Waals surface area (Å²) in [5.41, 5.74) is -3.40. The Balaban J connectivity index is 2.73. The third-order valence-corrected chi connectivity index (χ3v) is 3.64. The van der Waals surface area contributed by atoms with E-state index in [9.17, 15) is 23.8 Å². The summed E-state index contributed by atoms with van der Waals surface area (Å²) in [7, 11) is 0. The standard InChI is InChI=1S/C12H12ClF2NO4/c13-7-1-2-9-8(5-7)11(20,6-17)12(14,15)3-4-16(9)10(18)19/h1-2,5,17,20H,3-4,6H2,(H,18,19)/t11-/m1/s1. The first-order valence-electron chi connectivity index (χ1n) is 5.74. The van der Waals surface area contributed by atoms with Crippen molar-refractivity contribution in [3.05, 3.63) is 28.8 Å². The monoisotopic (exact) mass is 307 g/mol. The van der Waals surface area contributed by atoms with Gasteiger partial charge in [0.05, 0.1) is 12.3 Å². The average molecular weight is 308 g/mol. The third kappa shape index (κ3) is 2.11. The van der Waals surface area contributed by atoms with E-state index in [1.54, 1.807) is 0 Å². The van der Waals surface area contributed by atoms with Gasteiger partial charge in [0.2, 0.25) is 0 Å². The van der Waals surface area contributed by atoms with E-state index in [1.165, 1.54) is 12.1 Å². The molecule has 1 aromatic rings. The number of hydrogen-bond donors (Lipinski definition) is 3. The van der Waals surface area contributed by atoms with E-state index < -0.39 is 42.8 Å². The Morgan fingerprint density at radius 1 is 1.45 bits per heavy atom. The number of carbonyl (C=O) groups is 1. The molecule has 110 valence electrons. The van der Waals surface area contributed by atoms with Crippen LogP contribution in [0.15, 0.2) is 18.2 Å². The van der Waals surface area contributed by atoms with Crippen LogP contribution in [0.3, 0.4) is 0 Å². The highest BCUT2D eigenvalue weighted by Gasteiger charge is 2.56. The molecule has 1 aromatic carbocycles. The van der Waals surface area contributed by atoms with Crippen molar-refractivity contribution in [2.45, 2.75) is 17.9 Å². The van der Waals surface area contributed by atoms with E-state index >= 15 is 0 Å².